The summed E-state index contributed by atoms with van der Waals surface area (Å²) in [5.41, 5.74) is 4.98. The van der Waals surface area contributed by atoms with Gasteiger partial charge >= 0.3 is 26.3 Å². The number of aromatic amines is 1. The van der Waals surface area contributed by atoms with Crippen LogP contribution in [0.2, 0.25) is 0 Å². The number of benzene rings is 2. The summed E-state index contributed by atoms with van der Waals surface area (Å²) in [6, 6.07) is 13.3. The van der Waals surface area contributed by atoms with Crippen LogP contribution in [0, 0.1) is 0 Å². The van der Waals surface area contributed by atoms with Gasteiger partial charge in [0.1, 0.15) is 47.8 Å². The number of phosphoric ester groups is 1. The highest BCUT2D eigenvalue weighted by Crippen LogP contribution is 2.65. The SMILES string of the molecule is COc1ccc(C(=O)Oc2ccc(CS[P@]3(=O)OC[C@H]4O[C@@H](n5cnc6c(N)ncnc65)[C@H](F)[C@@H]4OP(=O)(O)OC[C@H]4O[C@@H](n5ccc(=O)[nH]c5=O)[C@H](F)[C@@H]4O3)cc2)cc1. The summed E-state index contributed by atoms with van der Waals surface area (Å²) in [6.07, 6.45) is -11.8. The van der Waals surface area contributed by atoms with Crippen molar-refractivity contribution in [2.24, 2.45) is 0 Å². The molecule has 0 spiro atoms. The summed E-state index contributed by atoms with van der Waals surface area (Å²) in [7, 11) is -3.74. The lowest BCUT2D eigenvalue weighted by atomic mass is 10.1. The first-order valence-electron chi connectivity index (χ1n) is 17.7. The number of H-pyrrole nitrogens is 1. The smallest absolute Gasteiger partial charge is 0.472 e. The van der Waals surface area contributed by atoms with E-state index >= 15 is 8.78 Å². The Morgan fingerprint density at radius 1 is 0.917 bits per heavy atom. The Bertz CT molecular complexity index is 2600. The average Bonchev–Trinajstić information content (AvgIpc) is 3.89. The number of fused-ring (bicyclic) bond motifs is 3. The zero-order chi connectivity index (χ0) is 42.3. The van der Waals surface area contributed by atoms with Gasteiger partial charge in [0.25, 0.3) is 5.56 Å². The number of phosphoric acid groups is 1. The van der Waals surface area contributed by atoms with Gasteiger partial charge in [0.15, 0.2) is 36.3 Å². The maximum Gasteiger partial charge on any atom is 0.472 e. The number of imidazole rings is 1. The molecule has 3 aliphatic rings. The normalized spacial score (nSPS) is 30.8. The number of nitrogens with one attached hydrogen (secondary N) is 1. The van der Waals surface area contributed by atoms with Crippen LogP contribution in [0.3, 0.4) is 0 Å². The van der Waals surface area contributed by atoms with Crippen LogP contribution in [0.15, 0.2) is 83.0 Å². The van der Waals surface area contributed by atoms with E-state index in [-0.39, 0.29) is 34.0 Å². The molecule has 0 saturated carbocycles. The van der Waals surface area contributed by atoms with Crippen molar-refractivity contribution < 1.29 is 64.6 Å². The zero-order valence-electron chi connectivity index (χ0n) is 30.8. The quantitative estimate of drug-likeness (QED) is 0.114. The molecule has 3 saturated heterocycles. The Morgan fingerprint density at radius 2 is 1.57 bits per heavy atom. The van der Waals surface area contributed by atoms with Crippen LogP contribution in [0.4, 0.5) is 14.6 Å². The predicted octanol–water partition coefficient (Wildman–Crippen LogP) is 3.62. The molecule has 0 amide bonds. The van der Waals surface area contributed by atoms with E-state index in [2.05, 4.69) is 15.0 Å². The zero-order valence-corrected chi connectivity index (χ0v) is 33.4. The number of ether oxygens (including phenoxy) is 4. The van der Waals surface area contributed by atoms with E-state index in [1.807, 2.05) is 4.98 Å². The molecule has 3 aromatic heterocycles. The number of halogens is 2. The number of methoxy groups -OCH3 is 1. The number of hydrogen-bond donors (Lipinski definition) is 3. The molecule has 4 N–H and O–H groups in total. The van der Waals surface area contributed by atoms with E-state index in [1.54, 1.807) is 24.3 Å². The molecular formula is C34H33F2N7O14P2S. The molecule has 5 aromatic rings. The Balaban J connectivity index is 1.06. The fourth-order valence-corrected chi connectivity index (χ4v) is 10.8. The summed E-state index contributed by atoms with van der Waals surface area (Å²) in [4.78, 5) is 61.8. The van der Waals surface area contributed by atoms with Gasteiger partial charge in [0, 0.05) is 18.0 Å². The largest absolute Gasteiger partial charge is 0.497 e. The fraction of sp³-hybridized carbons (Fsp3) is 0.353. The van der Waals surface area contributed by atoms with E-state index < -0.39 is 94.3 Å². The molecule has 10 atom stereocenters. The van der Waals surface area contributed by atoms with Crippen molar-refractivity contribution in [2.45, 2.75) is 55.0 Å². The molecule has 318 valence electrons. The van der Waals surface area contributed by atoms with Crippen LogP contribution >= 0.6 is 26.0 Å². The number of rotatable bonds is 8. The molecule has 3 fully saturated rings. The van der Waals surface area contributed by atoms with Gasteiger partial charge in [0.05, 0.1) is 32.2 Å². The number of hydrogen-bond acceptors (Lipinski definition) is 18. The minimum atomic E-state index is -5.23. The van der Waals surface area contributed by atoms with Gasteiger partial charge in [-0.3, -0.25) is 37.0 Å². The standard InChI is InChI=1S/C34H33F2N7O14P2S/c1-50-19-8-4-18(5-9-19)33(45)53-20-6-2-17(3-7-20)14-60-59(49)52-13-22-27(24(35)32(55-22)43-16-40-26-29(37)38-15-39-30(26)43)56-58(47,48)51-12-21-28(57-59)25(36)31(54-21)42-11-10-23(44)41-34(42)46/h2-11,15-16,21-22,24-25,27-28,31-32H,12-14H2,1H3,(H,47,48)(H2,37,38,39)(H,41,44,46)/t21-,22-,24-,25-,27-,28-,31-,32-,59-/m1/s1. The molecule has 60 heavy (non-hydrogen) atoms. The van der Waals surface area contributed by atoms with Crippen molar-refractivity contribution in [3.63, 3.8) is 0 Å². The van der Waals surface area contributed by atoms with E-state index in [9.17, 15) is 28.4 Å². The van der Waals surface area contributed by atoms with Crippen molar-refractivity contribution in [2.75, 3.05) is 26.1 Å². The number of nitrogens with zero attached hydrogens (tertiary/aromatic N) is 5. The molecule has 6 heterocycles. The molecule has 21 nitrogen and oxygen atoms in total. The van der Waals surface area contributed by atoms with Gasteiger partial charge in [-0.25, -0.2) is 42.5 Å². The number of esters is 1. The Labute approximate surface area is 339 Å². The number of nitrogen functional groups attached to an aromatic ring is 1. The molecular weight excluding hydrogens is 862 g/mol. The molecule has 3 aliphatic heterocycles. The first-order valence-corrected chi connectivity index (χ1v) is 22.4. The lowest BCUT2D eigenvalue weighted by Gasteiger charge is -2.29. The van der Waals surface area contributed by atoms with Gasteiger partial charge in [-0.15, -0.1) is 0 Å². The first-order chi connectivity index (χ1) is 28.7. The third-order valence-electron chi connectivity index (χ3n) is 9.47. The van der Waals surface area contributed by atoms with E-state index in [0.717, 1.165) is 29.5 Å². The van der Waals surface area contributed by atoms with Crippen LogP contribution in [0.1, 0.15) is 28.4 Å². The molecule has 1 unspecified atom stereocenters. The van der Waals surface area contributed by atoms with Crippen LogP contribution in [-0.2, 0) is 42.5 Å². The molecule has 2 aromatic carbocycles. The highest BCUT2D eigenvalue weighted by atomic mass is 32.7. The minimum Gasteiger partial charge on any atom is -0.497 e. The van der Waals surface area contributed by atoms with Crippen LogP contribution in [0.25, 0.3) is 11.2 Å². The van der Waals surface area contributed by atoms with Gasteiger partial charge in [-0.1, -0.05) is 12.1 Å². The summed E-state index contributed by atoms with van der Waals surface area (Å²) >= 11 is 0.586. The third-order valence-corrected chi connectivity index (χ3v) is 14.1. The number of aromatic nitrogens is 6. The topological polar surface area (TPSA) is 270 Å². The van der Waals surface area contributed by atoms with E-state index in [4.69, 9.17) is 42.8 Å². The maximum atomic E-state index is 16.4. The number of alkyl halides is 2. The summed E-state index contributed by atoms with van der Waals surface area (Å²) in [5, 5.41) is 0. The highest BCUT2D eigenvalue weighted by molar-refractivity contribution is 8.54. The molecule has 8 rings (SSSR count). The second-order valence-electron chi connectivity index (χ2n) is 13.3. The van der Waals surface area contributed by atoms with Crippen LogP contribution in [0.5, 0.6) is 11.5 Å². The van der Waals surface area contributed by atoms with Gasteiger partial charge in [-0.05, 0) is 53.3 Å². The Kier molecular flexibility index (Phi) is 11.8. The molecule has 0 bridgehead atoms. The Hall–Kier alpha value is -4.87. The second kappa shape index (κ2) is 16.9. The van der Waals surface area contributed by atoms with Gasteiger partial charge < -0.3 is 29.6 Å². The molecule has 0 radical (unpaired) electrons. The Morgan fingerprint density at radius 3 is 2.25 bits per heavy atom. The third kappa shape index (κ3) is 8.66. The second-order valence-corrected chi connectivity index (χ2v) is 18.7. The monoisotopic (exact) mass is 895 g/mol. The van der Waals surface area contributed by atoms with Crippen molar-refractivity contribution in [3.8, 4) is 11.5 Å². The average molecular weight is 896 g/mol. The van der Waals surface area contributed by atoms with Crippen molar-refractivity contribution >= 4 is 49.0 Å². The molecule has 26 heteroatoms. The van der Waals surface area contributed by atoms with E-state index in [1.165, 1.54) is 31.4 Å². The van der Waals surface area contributed by atoms with Crippen molar-refractivity contribution in [3.05, 3.63) is 105 Å². The summed E-state index contributed by atoms with van der Waals surface area (Å²) < 4.78 is 107. The first kappa shape index (κ1) is 41.8. The fourth-order valence-electron chi connectivity index (χ4n) is 6.50. The lowest BCUT2D eigenvalue weighted by Crippen LogP contribution is -2.38. The lowest BCUT2D eigenvalue weighted by molar-refractivity contribution is -0.0619. The number of nitrogens with two attached hydrogens (primary N) is 1. The summed E-state index contributed by atoms with van der Waals surface area (Å²) in [5.74, 6) is -0.0304. The summed E-state index contributed by atoms with van der Waals surface area (Å²) in [6.45, 7) is -6.40. The minimum absolute atomic E-state index is 0.0163. The number of carbonyl (C=O) groups excluding carboxylic acids is 1. The number of carbonyl (C=O) groups is 1. The van der Waals surface area contributed by atoms with Gasteiger partial charge in [-0.2, -0.15) is 0 Å². The maximum absolute atomic E-state index is 16.4. The van der Waals surface area contributed by atoms with Gasteiger partial charge in [0.2, 0.25) is 0 Å². The van der Waals surface area contributed by atoms with E-state index in [0.29, 0.717) is 27.3 Å². The van der Waals surface area contributed by atoms with Crippen molar-refractivity contribution in [1.29, 1.82) is 0 Å². The van der Waals surface area contributed by atoms with Crippen LogP contribution < -0.4 is 26.5 Å². The number of anilines is 1. The molecule has 0 aliphatic carbocycles. The highest BCUT2D eigenvalue weighted by Gasteiger charge is 2.55. The predicted molar refractivity (Wildman–Crippen MR) is 203 cm³/mol. The van der Waals surface area contributed by atoms with Crippen molar-refractivity contribution in [1.82, 2.24) is 29.1 Å². The van der Waals surface area contributed by atoms with Crippen LogP contribution in [-0.4, -0.2) is 97.0 Å².